The Kier molecular flexibility index (Phi) is 2.40. The van der Waals surface area contributed by atoms with Gasteiger partial charge >= 0.3 is 0 Å². The molecule has 0 saturated carbocycles. The van der Waals surface area contributed by atoms with Crippen molar-refractivity contribution in [2.75, 3.05) is 0 Å². The lowest BCUT2D eigenvalue weighted by Crippen LogP contribution is -2.26. The molecule has 1 aromatic rings. The van der Waals surface area contributed by atoms with Gasteiger partial charge in [0.05, 0.1) is 0 Å². The Morgan fingerprint density at radius 2 is 2.40 bits per heavy atom. The summed E-state index contributed by atoms with van der Waals surface area (Å²) in [5.74, 6) is 0. The molecule has 0 aromatic carbocycles. The van der Waals surface area contributed by atoms with Crippen LogP contribution < -0.4 is 5.32 Å². The lowest BCUT2D eigenvalue weighted by molar-refractivity contribution is 1.38. The Hall–Kier alpha value is -0.893. The van der Waals surface area contributed by atoms with Gasteiger partial charge in [0, 0.05) is 11.5 Å². The number of rotatable bonds is 2. The lowest BCUT2D eigenvalue weighted by atomic mass is 10.5. The van der Waals surface area contributed by atoms with Gasteiger partial charge in [-0.05, 0) is 12.1 Å². The fourth-order valence-electron chi connectivity index (χ4n) is 0.766. The van der Waals surface area contributed by atoms with E-state index in [1.54, 1.807) is 0 Å². The average molecular weight is 149 g/mol. The van der Waals surface area contributed by atoms with Gasteiger partial charge in [-0.3, -0.25) is 4.98 Å². The summed E-state index contributed by atoms with van der Waals surface area (Å²) in [6, 6.07) is 6.03. The first-order valence-electron chi connectivity index (χ1n) is 3.38. The molecule has 0 aliphatic rings. The highest BCUT2D eigenvalue weighted by atomic mass is 28.3. The highest BCUT2D eigenvalue weighted by Crippen LogP contribution is 1.83. The van der Waals surface area contributed by atoms with Gasteiger partial charge in [0.2, 0.25) is 0 Å². The van der Waals surface area contributed by atoms with Crippen molar-refractivity contribution >= 4 is 14.1 Å². The third-order valence-corrected chi connectivity index (χ3v) is 3.49. The lowest BCUT2D eigenvalue weighted by Gasteiger charge is -2.00. The normalized spacial score (nSPS) is 12.5. The maximum absolute atomic E-state index is 4.24. The Morgan fingerprint density at radius 3 is 2.90 bits per heavy atom. The predicted octanol–water partition coefficient (Wildman–Crippen LogP) is 0.871. The van der Waals surface area contributed by atoms with Crippen molar-refractivity contribution in [3.63, 3.8) is 0 Å². The Bertz CT molecular complexity index is 208. The monoisotopic (exact) mass is 149 g/mol. The van der Waals surface area contributed by atoms with E-state index in [2.05, 4.69) is 24.2 Å². The standard InChI is InChI=1S/C8H11NSi/c1-3-10(2)8-6-4-5-7-9-8/h3-7,10H,1H2,2H3. The zero-order valence-electron chi connectivity index (χ0n) is 6.12. The summed E-state index contributed by atoms with van der Waals surface area (Å²) in [6.45, 7) is 5.98. The van der Waals surface area contributed by atoms with Crippen LogP contribution in [0.1, 0.15) is 0 Å². The van der Waals surface area contributed by atoms with E-state index in [0.717, 1.165) is 0 Å². The summed E-state index contributed by atoms with van der Waals surface area (Å²) < 4.78 is 0. The second-order valence-electron chi connectivity index (χ2n) is 2.28. The van der Waals surface area contributed by atoms with Crippen LogP contribution >= 0.6 is 0 Å². The molecule has 1 aromatic heterocycles. The molecule has 1 heterocycles. The van der Waals surface area contributed by atoms with Gasteiger partial charge in [0.1, 0.15) is 8.80 Å². The van der Waals surface area contributed by atoms with Crippen molar-refractivity contribution in [3.05, 3.63) is 36.7 Å². The molecule has 0 spiro atoms. The van der Waals surface area contributed by atoms with Crippen molar-refractivity contribution in [1.82, 2.24) is 4.98 Å². The van der Waals surface area contributed by atoms with Crippen LogP contribution in [0.4, 0.5) is 0 Å². The van der Waals surface area contributed by atoms with Crippen molar-refractivity contribution in [2.24, 2.45) is 0 Å². The quantitative estimate of drug-likeness (QED) is 0.569. The van der Waals surface area contributed by atoms with Gasteiger partial charge in [0.25, 0.3) is 0 Å². The van der Waals surface area contributed by atoms with Crippen LogP contribution in [0, 0.1) is 0 Å². The summed E-state index contributed by atoms with van der Waals surface area (Å²) in [4.78, 5) is 4.24. The van der Waals surface area contributed by atoms with Crippen molar-refractivity contribution in [2.45, 2.75) is 6.55 Å². The molecule has 52 valence electrons. The van der Waals surface area contributed by atoms with Crippen LogP contribution in [0.5, 0.6) is 0 Å². The molecule has 2 heteroatoms. The van der Waals surface area contributed by atoms with E-state index in [4.69, 9.17) is 0 Å². The zero-order chi connectivity index (χ0) is 7.40. The SMILES string of the molecule is C=C[SiH](C)c1ccccn1. The highest BCUT2D eigenvalue weighted by Gasteiger charge is 2.00. The van der Waals surface area contributed by atoms with Crippen LogP contribution in [0.2, 0.25) is 6.55 Å². The molecular weight excluding hydrogens is 138 g/mol. The smallest absolute Gasteiger partial charge is 0.114 e. The molecule has 0 aliphatic carbocycles. The van der Waals surface area contributed by atoms with Gasteiger partial charge in [-0.25, -0.2) is 0 Å². The van der Waals surface area contributed by atoms with Gasteiger partial charge in [-0.2, -0.15) is 0 Å². The Balaban J connectivity index is 2.84. The van der Waals surface area contributed by atoms with Gasteiger partial charge in [-0.15, -0.1) is 6.58 Å². The maximum Gasteiger partial charge on any atom is 0.114 e. The number of pyridine rings is 1. The van der Waals surface area contributed by atoms with Gasteiger partial charge < -0.3 is 0 Å². The molecule has 1 atom stereocenters. The number of nitrogens with zero attached hydrogens (tertiary/aromatic N) is 1. The third kappa shape index (κ3) is 1.54. The van der Waals surface area contributed by atoms with Crippen LogP contribution in [0.3, 0.4) is 0 Å². The first-order valence-corrected chi connectivity index (χ1v) is 5.78. The fourth-order valence-corrected chi connectivity index (χ4v) is 1.74. The molecule has 0 saturated heterocycles. The first-order chi connectivity index (χ1) is 4.84. The summed E-state index contributed by atoms with van der Waals surface area (Å²) in [5, 5.41) is 1.22. The van der Waals surface area contributed by atoms with Crippen molar-refractivity contribution in [1.29, 1.82) is 0 Å². The molecular formula is C8H11NSi. The van der Waals surface area contributed by atoms with Crippen LogP contribution in [-0.2, 0) is 0 Å². The van der Waals surface area contributed by atoms with E-state index in [1.165, 1.54) is 5.32 Å². The largest absolute Gasteiger partial charge is 0.266 e. The minimum atomic E-state index is -0.887. The molecule has 0 amide bonds. The maximum atomic E-state index is 4.24. The number of hydrogen-bond acceptors (Lipinski definition) is 1. The minimum Gasteiger partial charge on any atom is -0.266 e. The molecule has 0 N–H and O–H groups in total. The van der Waals surface area contributed by atoms with Crippen LogP contribution in [-0.4, -0.2) is 13.8 Å². The number of hydrogen-bond donors (Lipinski definition) is 0. The second-order valence-corrected chi connectivity index (χ2v) is 4.92. The molecule has 0 aliphatic heterocycles. The topological polar surface area (TPSA) is 12.9 Å². The summed E-state index contributed by atoms with van der Waals surface area (Å²) in [6.07, 6.45) is 1.84. The number of aromatic nitrogens is 1. The molecule has 0 bridgehead atoms. The molecule has 1 nitrogen and oxygen atoms in total. The van der Waals surface area contributed by atoms with Crippen molar-refractivity contribution in [3.8, 4) is 0 Å². The van der Waals surface area contributed by atoms with E-state index >= 15 is 0 Å². The molecule has 1 rings (SSSR count). The molecule has 0 fully saturated rings. The first kappa shape index (κ1) is 7.22. The summed E-state index contributed by atoms with van der Waals surface area (Å²) in [7, 11) is -0.887. The highest BCUT2D eigenvalue weighted by molar-refractivity contribution is 6.75. The summed E-state index contributed by atoms with van der Waals surface area (Å²) >= 11 is 0. The zero-order valence-corrected chi connectivity index (χ0v) is 7.27. The average Bonchev–Trinajstić information content (AvgIpc) is 2.05. The van der Waals surface area contributed by atoms with Gasteiger partial charge in [-0.1, -0.05) is 18.3 Å². The third-order valence-electron chi connectivity index (χ3n) is 1.51. The van der Waals surface area contributed by atoms with E-state index in [-0.39, 0.29) is 0 Å². The second kappa shape index (κ2) is 3.32. The van der Waals surface area contributed by atoms with Crippen molar-refractivity contribution < 1.29 is 0 Å². The molecule has 10 heavy (non-hydrogen) atoms. The van der Waals surface area contributed by atoms with E-state index < -0.39 is 8.80 Å². The van der Waals surface area contributed by atoms with E-state index in [0.29, 0.717) is 0 Å². The molecule has 0 radical (unpaired) electrons. The van der Waals surface area contributed by atoms with Gasteiger partial charge in [0.15, 0.2) is 0 Å². The summed E-state index contributed by atoms with van der Waals surface area (Å²) in [5.41, 5.74) is 2.03. The van der Waals surface area contributed by atoms with E-state index in [9.17, 15) is 0 Å². The Labute approximate surface area is 63.0 Å². The minimum absolute atomic E-state index is 0.887. The van der Waals surface area contributed by atoms with E-state index in [1.807, 2.05) is 24.0 Å². The predicted molar refractivity (Wildman–Crippen MR) is 47.1 cm³/mol. The van der Waals surface area contributed by atoms with Crippen LogP contribution in [0.15, 0.2) is 36.7 Å². The van der Waals surface area contributed by atoms with Crippen LogP contribution in [0.25, 0.3) is 0 Å². The molecule has 1 unspecified atom stereocenters. The fraction of sp³-hybridized carbons (Fsp3) is 0.125. The Morgan fingerprint density at radius 1 is 1.60 bits per heavy atom.